The van der Waals surface area contributed by atoms with E-state index in [-0.39, 0.29) is 11.9 Å². The van der Waals surface area contributed by atoms with Gasteiger partial charge in [-0.1, -0.05) is 12.3 Å². The molecule has 0 saturated carbocycles. The SMILES string of the molecule is Clc1nc(OCc2ccc(-c3n[c-]c[nH]3)cn2)c2ncccc2n1.[Cf]. The van der Waals surface area contributed by atoms with E-state index < -0.39 is 0 Å². The number of rotatable bonds is 4. The molecule has 0 atom stereocenters. The van der Waals surface area contributed by atoms with Gasteiger partial charge in [0.05, 0.1) is 11.2 Å². The van der Waals surface area contributed by atoms with Crippen LogP contribution in [0.4, 0.5) is 0 Å². The van der Waals surface area contributed by atoms with Crippen LogP contribution in [0.25, 0.3) is 22.4 Å². The molecule has 0 aliphatic rings. The number of nitrogens with zero attached hydrogens (tertiary/aromatic N) is 5. The molecule has 0 unspecified atom stereocenters. The van der Waals surface area contributed by atoms with Gasteiger partial charge in [0.1, 0.15) is 6.61 Å². The Morgan fingerprint density at radius 1 is 1.16 bits per heavy atom. The topological polar surface area (TPSA) is 89.5 Å². The van der Waals surface area contributed by atoms with Crippen LogP contribution in [0.1, 0.15) is 5.69 Å². The Morgan fingerprint density at radius 2 is 2.08 bits per heavy atom. The van der Waals surface area contributed by atoms with Gasteiger partial charge in [0.2, 0.25) is 11.2 Å². The van der Waals surface area contributed by atoms with Crippen LogP contribution in [0.5, 0.6) is 5.88 Å². The number of nitrogens with one attached hydrogen (secondary N) is 1. The van der Waals surface area contributed by atoms with Crippen LogP contribution >= 0.6 is 11.6 Å². The van der Waals surface area contributed by atoms with E-state index >= 15 is 0 Å². The number of fused-ring (bicyclic) bond motifs is 1. The normalized spacial score (nSPS) is 10.4. The number of pyridine rings is 2. The molecule has 7 nitrogen and oxygen atoms in total. The minimum atomic E-state index is 0. The summed E-state index contributed by atoms with van der Waals surface area (Å²) in [4.78, 5) is 23.8. The van der Waals surface area contributed by atoms with Crippen molar-refractivity contribution in [2.24, 2.45) is 0 Å². The molecule has 9 heteroatoms. The zero-order valence-corrected chi connectivity index (χ0v) is 16.0. The molecular formula is C16H10CfClN6O-. The van der Waals surface area contributed by atoms with Crippen molar-refractivity contribution in [1.82, 2.24) is 29.9 Å². The predicted octanol–water partition coefficient (Wildman–Crippen LogP) is 2.84. The third-order valence-electron chi connectivity index (χ3n) is 3.30. The van der Waals surface area contributed by atoms with Gasteiger partial charge in [-0.05, 0) is 41.2 Å². The van der Waals surface area contributed by atoms with Crippen molar-refractivity contribution in [2.75, 3.05) is 0 Å². The van der Waals surface area contributed by atoms with Gasteiger partial charge in [0.15, 0.2) is 5.52 Å². The van der Waals surface area contributed by atoms with Crippen molar-refractivity contribution in [2.45, 2.75) is 6.61 Å². The second kappa shape index (κ2) is 6.59. The number of hydrogen-bond acceptors (Lipinski definition) is 6. The third kappa shape index (κ3) is 3.18. The Balaban J connectivity index is 0.00000182. The van der Waals surface area contributed by atoms with Crippen molar-refractivity contribution in [3.63, 3.8) is 0 Å². The van der Waals surface area contributed by atoms with Gasteiger partial charge < -0.3 is 14.7 Å². The van der Waals surface area contributed by atoms with Crippen molar-refractivity contribution in [1.29, 1.82) is 0 Å². The van der Waals surface area contributed by atoms with E-state index in [2.05, 4.69) is 36.1 Å². The third-order valence-corrected chi connectivity index (χ3v) is 3.47. The van der Waals surface area contributed by atoms with Gasteiger partial charge in [-0.3, -0.25) is 4.98 Å². The monoisotopic (exact) mass is 586 g/mol. The van der Waals surface area contributed by atoms with Gasteiger partial charge in [0, 0.05) is 12.4 Å². The van der Waals surface area contributed by atoms with Gasteiger partial charge in [-0.2, -0.15) is 4.98 Å². The molecular weight excluding hydrogens is 579 g/mol. The molecule has 0 radical (unpaired) electrons. The number of imidazole rings is 1. The average Bonchev–Trinajstić information content (AvgIpc) is 3.14. The van der Waals surface area contributed by atoms with Gasteiger partial charge in [-0.15, -0.1) is 6.20 Å². The van der Waals surface area contributed by atoms with Crippen LogP contribution in [0.2, 0.25) is 5.28 Å². The fourth-order valence-electron chi connectivity index (χ4n) is 2.18. The largest absolute Gasteiger partial charge is 0.469 e. The Morgan fingerprint density at radius 3 is 2.84 bits per heavy atom. The summed E-state index contributed by atoms with van der Waals surface area (Å²) < 4.78 is 5.73. The zero-order chi connectivity index (χ0) is 16.4. The zero-order valence-electron chi connectivity index (χ0n) is 12.6. The maximum atomic E-state index is 5.92. The van der Waals surface area contributed by atoms with Crippen LogP contribution in [0.3, 0.4) is 0 Å². The maximum Gasteiger partial charge on any atom is 0.245 e. The number of aromatic amines is 1. The molecule has 0 aromatic carbocycles. The van der Waals surface area contributed by atoms with Crippen LogP contribution in [-0.4, -0.2) is 29.9 Å². The maximum absolute atomic E-state index is 5.92. The van der Waals surface area contributed by atoms with Crippen molar-refractivity contribution < 1.29 is 4.74 Å². The van der Waals surface area contributed by atoms with Gasteiger partial charge in [0.25, 0.3) is 0 Å². The van der Waals surface area contributed by atoms with E-state index in [1.165, 1.54) is 0 Å². The molecule has 0 aliphatic heterocycles. The molecule has 128 valence electrons. The Labute approximate surface area is 141 Å². The summed E-state index contributed by atoms with van der Waals surface area (Å²) in [5.74, 6) is 1.05. The molecule has 4 heterocycles. The minimum Gasteiger partial charge on any atom is -0.469 e. The molecule has 0 spiro atoms. The summed E-state index contributed by atoms with van der Waals surface area (Å²) in [6.07, 6.45) is 7.73. The van der Waals surface area contributed by atoms with E-state index in [9.17, 15) is 0 Å². The van der Waals surface area contributed by atoms with Gasteiger partial charge >= 0.3 is 0 Å². The second-order valence-corrected chi connectivity index (χ2v) is 5.21. The number of aromatic nitrogens is 6. The standard InChI is InChI=1S/C16H10ClN6O.Cf/c17-16-22-12-2-1-5-18-13(12)15(23-16)24-9-11-4-3-10(8-21-11)14-19-6-7-20-14;/h1-6,8H,9H2,(H,19,20);/q-1;. The Bertz CT molecular complexity index is 978. The van der Waals surface area contributed by atoms with Crippen LogP contribution < -0.4 is 4.74 Å². The fraction of sp³-hybridized carbons (Fsp3) is 0.0625. The van der Waals surface area contributed by atoms with E-state index in [0.717, 1.165) is 11.3 Å². The van der Waals surface area contributed by atoms with E-state index in [1.54, 1.807) is 30.7 Å². The Hall–Kier alpha value is -4.06. The number of ether oxygens (including phenoxy) is 1. The molecule has 0 amide bonds. The first-order chi connectivity index (χ1) is 11.8. The van der Waals surface area contributed by atoms with Gasteiger partial charge in [-0.25, -0.2) is 9.97 Å². The second-order valence-electron chi connectivity index (χ2n) is 4.87. The number of hydrogen-bond donors (Lipinski definition) is 1. The molecule has 0 fully saturated rings. The first-order valence-electron chi connectivity index (χ1n) is 7.07. The van der Waals surface area contributed by atoms with Crippen LogP contribution in [-0.2, 0) is 6.61 Å². The summed E-state index contributed by atoms with van der Waals surface area (Å²) in [6.45, 7) is 0.240. The molecule has 4 aromatic rings. The summed E-state index contributed by atoms with van der Waals surface area (Å²) in [7, 11) is 0. The molecule has 0 aliphatic carbocycles. The molecule has 1 N–H and O–H groups in total. The number of H-pyrrole nitrogens is 1. The molecule has 25 heavy (non-hydrogen) atoms. The average molecular weight is 589 g/mol. The molecule has 0 bridgehead atoms. The fourth-order valence-corrected chi connectivity index (χ4v) is 2.35. The van der Waals surface area contributed by atoms with Crippen LogP contribution in [0.15, 0.2) is 42.9 Å². The Kier molecular flexibility index (Phi) is 4.17. The van der Waals surface area contributed by atoms with Crippen molar-refractivity contribution >= 4 is 22.6 Å². The smallest absolute Gasteiger partial charge is 0.245 e. The first kappa shape index (κ1) is 15.8. The van der Waals surface area contributed by atoms with Crippen molar-refractivity contribution in [3.8, 4) is 17.3 Å². The van der Waals surface area contributed by atoms with E-state index in [4.69, 9.17) is 16.3 Å². The summed E-state index contributed by atoms with van der Waals surface area (Å²) >= 11 is 5.92. The minimum absolute atomic E-state index is 0. The van der Waals surface area contributed by atoms with Crippen molar-refractivity contribution in [3.05, 3.63) is 60.0 Å². The summed E-state index contributed by atoms with van der Waals surface area (Å²) in [6, 6.07) is 7.34. The predicted molar refractivity (Wildman–Crippen MR) is 87.3 cm³/mol. The summed E-state index contributed by atoms with van der Waals surface area (Å²) in [5, 5.41) is 0.114. The molecule has 4 rings (SSSR count). The van der Waals surface area contributed by atoms with E-state index in [0.29, 0.717) is 22.7 Å². The number of halogens is 1. The van der Waals surface area contributed by atoms with E-state index in [1.807, 2.05) is 12.1 Å². The first-order valence-corrected chi connectivity index (χ1v) is 7.45. The quantitative estimate of drug-likeness (QED) is 0.292. The summed E-state index contributed by atoms with van der Waals surface area (Å²) in [5.41, 5.74) is 2.81. The van der Waals surface area contributed by atoms with Crippen LogP contribution in [0, 0.1) is 6.20 Å². The molecule has 4 aromatic heterocycles. The molecule has 0 saturated heterocycles.